The Morgan fingerprint density at radius 1 is 1.32 bits per heavy atom. The van der Waals surface area contributed by atoms with E-state index < -0.39 is 0 Å². The Balaban J connectivity index is 2.32. The third kappa shape index (κ3) is 3.11. The van der Waals surface area contributed by atoms with E-state index in [9.17, 15) is 0 Å². The van der Waals surface area contributed by atoms with Crippen molar-refractivity contribution in [3.63, 3.8) is 0 Å². The highest BCUT2D eigenvalue weighted by molar-refractivity contribution is 5.51. The topological polar surface area (TPSA) is 47.1 Å². The van der Waals surface area contributed by atoms with Crippen LogP contribution in [0.1, 0.15) is 38.4 Å². The van der Waals surface area contributed by atoms with Crippen LogP contribution in [0.15, 0.2) is 0 Å². The lowest BCUT2D eigenvalue weighted by Gasteiger charge is -2.37. The number of aromatic nitrogens is 2. The Labute approximate surface area is 117 Å². The molecule has 19 heavy (non-hydrogen) atoms. The first kappa shape index (κ1) is 14.4. The number of piperidine rings is 1. The summed E-state index contributed by atoms with van der Waals surface area (Å²) < 4.78 is 2.04. The first-order valence-electron chi connectivity index (χ1n) is 7.41. The minimum Gasteiger partial charge on any atom is -0.356 e. The van der Waals surface area contributed by atoms with Gasteiger partial charge in [-0.2, -0.15) is 5.10 Å². The number of hydrogen-bond acceptors (Lipinski definition) is 3. The van der Waals surface area contributed by atoms with Crippen molar-refractivity contribution in [1.82, 2.24) is 9.78 Å². The number of hydrogen-bond donors (Lipinski definition) is 1. The van der Waals surface area contributed by atoms with E-state index in [0.29, 0.717) is 0 Å². The summed E-state index contributed by atoms with van der Waals surface area (Å²) in [6, 6.07) is 0.182. The maximum absolute atomic E-state index is 6.00. The van der Waals surface area contributed by atoms with Crippen molar-refractivity contribution in [3.05, 3.63) is 11.3 Å². The molecule has 1 fully saturated rings. The summed E-state index contributed by atoms with van der Waals surface area (Å²) in [6.45, 7) is 11.1. The van der Waals surface area contributed by atoms with Crippen LogP contribution in [0.25, 0.3) is 0 Å². The number of anilines is 1. The molecule has 2 N–H and O–H groups in total. The second kappa shape index (κ2) is 5.53. The van der Waals surface area contributed by atoms with Crippen LogP contribution < -0.4 is 10.6 Å². The number of rotatable bonds is 3. The maximum Gasteiger partial charge on any atom is 0.130 e. The molecule has 1 aromatic heterocycles. The van der Waals surface area contributed by atoms with E-state index >= 15 is 0 Å². The van der Waals surface area contributed by atoms with Gasteiger partial charge in [0.15, 0.2) is 0 Å². The van der Waals surface area contributed by atoms with Crippen molar-refractivity contribution in [2.45, 2.75) is 46.6 Å². The Hall–Kier alpha value is -1.03. The molecule has 108 valence electrons. The molecule has 0 aliphatic carbocycles. The summed E-state index contributed by atoms with van der Waals surface area (Å²) in [6.07, 6.45) is 2.24. The standard InChI is InChI=1S/C15H28N4/c1-10-6-11(2)9-19(8-10)15-14(7-12(3)16)13(4)17-18(15)5/h10-12H,6-9,16H2,1-5H3. The first-order valence-corrected chi connectivity index (χ1v) is 7.41. The fraction of sp³-hybridized carbons (Fsp3) is 0.800. The van der Waals surface area contributed by atoms with Crippen LogP contribution in [0.5, 0.6) is 0 Å². The highest BCUT2D eigenvalue weighted by Crippen LogP contribution is 2.30. The zero-order valence-corrected chi connectivity index (χ0v) is 13.0. The molecule has 0 saturated carbocycles. The molecule has 2 heterocycles. The van der Waals surface area contributed by atoms with Crippen LogP contribution in [0.3, 0.4) is 0 Å². The second-order valence-corrected chi connectivity index (χ2v) is 6.54. The van der Waals surface area contributed by atoms with E-state index in [1.165, 1.54) is 17.8 Å². The summed E-state index contributed by atoms with van der Waals surface area (Å²) in [5.74, 6) is 2.79. The van der Waals surface area contributed by atoms with Gasteiger partial charge in [0, 0.05) is 31.7 Å². The van der Waals surface area contributed by atoms with E-state index in [0.717, 1.165) is 37.0 Å². The molecule has 1 aliphatic rings. The number of aryl methyl sites for hydroxylation is 2. The van der Waals surface area contributed by atoms with Gasteiger partial charge in [-0.25, -0.2) is 0 Å². The Morgan fingerprint density at radius 2 is 1.89 bits per heavy atom. The molecule has 1 saturated heterocycles. The van der Waals surface area contributed by atoms with Gasteiger partial charge < -0.3 is 10.6 Å². The average Bonchev–Trinajstić information content (AvgIpc) is 2.51. The van der Waals surface area contributed by atoms with E-state index in [2.05, 4.69) is 44.7 Å². The molecular formula is C15H28N4. The van der Waals surface area contributed by atoms with Crippen molar-refractivity contribution >= 4 is 5.82 Å². The van der Waals surface area contributed by atoms with E-state index in [1.807, 2.05) is 4.68 Å². The molecule has 1 aliphatic heterocycles. The summed E-state index contributed by atoms with van der Waals surface area (Å²) in [5.41, 5.74) is 8.46. The zero-order valence-electron chi connectivity index (χ0n) is 13.0. The largest absolute Gasteiger partial charge is 0.356 e. The summed E-state index contributed by atoms with van der Waals surface area (Å²) in [7, 11) is 2.05. The lowest BCUT2D eigenvalue weighted by atomic mass is 9.91. The molecular weight excluding hydrogens is 236 g/mol. The highest BCUT2D eigenvalue weighted by Gasteiger charge is 2.27. The molecule has 0 spiro atoms. The van der Waals surface area contributed by atoms with E-state index in [4.69, 9.17) is 5.73 Å². The average molecular weight is 264 g/mol. The van der Waals surface area contributed by atoms with Crippen LogP contribution in [0.2, 0.25) is 0 Å². The van der Waals surface area contributed by atoms with Crippen molar-refractivity contribution in [2.75, 3.05) is 18.0 Å². The third-order valence-electron chi connectivity index (χ3n) is 4.01. The number of nitrogens with two attached hydrogens (primary N) is 1. The fourth-order valence-electron chi connectivity index (χ4n) is 3.48. The molecule has 4 heteroatoms. The highest BCUT2D eigenvalue weighted by atomic mass is 15.4. The molecule has 3 atom stereocenters. The van der Waals surface area contributed by atoms with Crippen LogP contribution in [0.4, 0.5) is 5.82 Å². The Bertz CT molecular complexity index is 426. The molecule has 0 bridgehead atoms. The van der Waals surface area contributed by atoms with Gasteiger partial charge in [-0.05, 0) is 38.5 Å². The van der Waals surface area contributed by atoms with Gasteiger partial charge in [0.1, 0.15) is 5.82 Å². The minimum atomic E-state index is 0.182. The van der Waals surface area contributed by atoms with Gasteiger partial charge in [-0.1, -0.05) is 13.8 Å². The Morgan fingerprint density at radius 3 is 2.42 bits per heavy atom. The first-order chi connectivity index (χ1) is 8.88. The van der Waals surface area contributed by atoms with Crippen molar-refractivity contribution in [2.24, 2.45) is 24.6 Å². The molecule has 0 radical (unpaired) electrons. The quantitative estimate of drug-likeness (QED) is 0.909. The molecule has 0 amide bonds. The summed E-state index contributed by atoms with van der Waals surface area (Å²) in [4.78, 5) is 2.51. The molecule has 4 nitrogen and oxygen atoms in total. The predicted octanol–water partition coefficient (Wildman–Crippen LogP) is 2.10. The van der Waals surface area contributed by atoms with Crippen LogP contribution in [-0.2, 0) is 13.5 Å². The lowest BCUT2D eigenvalue weighted by molar-refractivity contribution is 0.352. The van der Waals surface area contributed by atoms with Crippen LogP contribution >= 0.6 is 0 Å². The van der Waals surface area contributed by atoms with E-state index in [-0.39, 0.29) is 6.04 Å². The molecule has 1 aromatic rings. The molecule has 0 aromatic carbocycles. The molecule has 3 unspecified atom stereocenters. The third-order valence-corrected chi connectivity index (χ3v) is 4.01. The van der Waals surface area contributed by atoms with Gasteiger partial charge in [0.05, 0.1) is 5.69 Å². The Kier molecular flexibility index (Phi) is 4.19. The van der Waals surface area contributed by atoms with E-state index in [1.54, 1.807) is 0 Å². The minimum absolute atomic E-state index is 0.182. The van der Waals surface area contributed by atoms with Gasteiger partial charge in [0.25, 0.3) is 0 Å². The van der Waals surface area contributed by atoms with Crippen molar-refractivity contribution < 1.29 is 0 Å². The van der Waals surface area contributed by atoms with Gasteiger partial charge in [0.2, 0.25) is 0 Å². The smallest absolute Gasteiger partial charge is 0.130 e. The second-order valence-electron chi connectivity index (χ2n) is 6.54. The van der Waals surface area contributed by atoms with Crippen LogP contribution in [0, 0.1) is 18.8 Å². The van der Waals surface area contributed by atoms with Gasteiger partial charge in [-0.3, -0.25) is 4.68 Å². The summed E-state index contributed by atoms with van der Waals surface area (Å²) >= 11 is 0. The monoisotopic (exact) mass is 264 g/mol. The predicted molar refractivity (Wildman–Crippen MR) is 80.5 cm³/mol. The summed E-state index contributed by atoms with van der Waals surface area (Å²) in [5, 5.41) is 4.61. The van der Waals surface area contributed by atoms with Crippen molar-refractivity contribution in [1.29, 1.82) is 0 Å². The fourth-order valence-corrected chi connectivity index (χ4v) is 3.48. The van der Waals surface area contributed by atoms with Crippen molar-refractivity contribution in [3.8, 4) is 0 Å². The lowest BCUT2D eigenvalue weighted by Crippen LogP contribution is -2.40. The normalized spacial score (nSPS) is 25.7. The zero-order chi connectivity index (χ0) is 14.2. The van der Waals surface area contributed by atoms with Gasteiger partial charge in [-0.15, -0.1) is 0 Å². The van der Waals surface area contributed by atoms with Gasteiger partial charge >= 0.3 is 0 Å². The SMILES string of the molecule is Cc1nn(C)c(N2CC(C)CC(C)C2)c1CC(C)N. The van der Waals surface area contributed by atoms with Crippen LogP contribution in [-0.4, -0.2) is 28.9 Å². The maximum atomic E-state index is 6.00. The number of nitrogens with zero attached hydrogens (tertiary/aromatic N) is 3. The molecule has 2 rings (SSSR count).